The lowest BCUT2D eigenvalue weighted by atomic mass is 9.91. The zero-order chi connectivity index (χ0) is 97.4. The van der Waals surface area contributed by atoms with Crippen LogP contribution in [0.1, 0.15) is 403 Å². The fourth-order valence-corrected chi connectivity index (χ4v) is 14.2. The summed E-state index contributed by atoms with van der Waals surface area (Å²) in [6.07, 6.45) is 7.51. The average Bonchev–Trinajstić information content (AvgIpc) is 1.54. The highest BCUT2D eigenvalue weighted by molar-refractivity contribution is 5.89. The predicted molar refractivity (Wildman–Crippen MR) is 581 cm³/mol. The third-order valence-electron chi connectivity index (χ3n) is 26.1. The molecule has 11 aromatic carbocycles. The second kappa shape index (κ2) is 69.2. The van der Waals surface area contributed by atoms with Crippen molar-refractivity contribution >= 4 is 22.7 Å². The van der Waals surface area contributed by atoms with Crippen molar-refractivity contribution in [2.75, 3.05) is 14.2 Å². The molecule has 0 aliphatic heterocycles. The number of hydrogen-bond donors (Lipinski definition) is 6. The number of halogens is 3. The summed E-state index contributed by atoms with van der Waals surface area (Å²) in [4.78, 5) is 21.7. The van der Waals surface area contributed by atoms with Crippen molar-refractivity contribution in [3.63, 3.8) is 0 Å². The zero-order valence-electron chi connectivity index (χ0n) is 83.1. The molecular formula is C123H183F3O10. The Hall–Kier alpha value is -10.6. The Labute approximate surface area is 825 Å². The molecule has 756 valence electrons. The molecule has 0 radical (unpaired) electrons. The normalized spacial score (nSPS) is 15.4. The van der Waals surface area contributed by atoms with Crippen molar-refractivity contribution in [1.29, 1.82) is 0 Å². The number of hydrogen-bond acceptors (Lipinski definition) is 10. The Morgan fingerprint density at radius 1 is 0.324 bits per heavy atom. The topological polar surface area (TPSA) is 174 Å². The minimum Gasteiger partial charge on any atom is -0.508 e. The van der Waals surface area contributed by atoms with E-state index in [-0.39, 0.29) is 68.0 Å². The standard InChI is InChI=1S/C14H17F3O.C14H16O.C12H16O2.C11H14.4C10H14O.2C10H14.C6H12O2.6CH4/c1-8-6-10-7-11(4-5-12(10)9(8)2)13(3,18)14(15,16)17;1-3-10(2)11-4-5-13-9-14(15)7-6-12(13)8-11;1-4-9(2)10-5-7-11(8-6-10)12(13)14-3;1-8-7-10-5-3-4-6-11(10)9(8)2;3*1-3-8(2)9-4-6-10(11)7-5-9;1-3-8(2)9-5-4-6-10(11)7-9;2*1-3-9(2)10-7-5-4-6-8-10;1-4-5(2)6(7)8-3;;;;;;/h4-5,7-9,18H,6H2,1-3H3;4-10,15H,3H2,1-2H3;5-9H,4H2,1-3H3;3-6,8-9H,7H2,1-2H3;4*4-8,11H,3H2,1-2H3;2*4-9H,3H2,1-2H3;5H,4H2,1-3H3;6*1H4. The summed E-state index contributed by atoms with van der Waals surface area (Å²) in [5.74, 6) is 8.69. The number of aromatic hydroxyl groups is 5. The average molecular weight is 1880 g/mol. The molecule has 13 heteroatoms. The molecule has 0 saturated heterocycles. The van der Waals surface area contributed by atoms with Crippen molar-refractivity contribution < 1.29 is 62.9 Å². The van der Waals surface area contributed by atoms with E-state index in [0.717, 1.165) is 86.6 Å². The number of carbonyl (C=O) groups excluding carboxylic acids is 2. The van der Waals surface area contributed by atoms with Gasteiger partial charge in [-0.2, -0.15) is 13.2 Å². The first-order valence-electron chi connectivity index (χ1n) is 47.4. The minimum absolute atomic E-state index is 0. The lowest BCUT2D eigenvalue weighted by Crippen LogP contribution is -2.39. The molecule has 136 heavy (non-hydrogen) atoms. The Bertz CT molecular complexity index is 4750. The Kier molecular flexibility index (Phi) is 67.0. The van der Waals surface area contributed by atoms with Gasteiger partial charge in [-0.25, -0.2) is 4.79 Å². The van der Waals surface area contributed by atoms with Crippen molar-refractivity contribution in [3.8, 4) is 28.7 Å². The molecule has 14 unspecified atom stereocenters. The van der Waals surface area contributed by atoms with Gasteiger partial charge in [-0.15, -0.1) is 0 Å². The smallest absolute Gasteiger partial charge is 0.421 e. The van der Waals surface area contributed by atoms with Crippen molar-refractivity contribution in [2.24, 2.45) is 17.8 Å². The van der Waals surface area contributed by atoms with E-state index in [9.17, 15) is 33.0 Å². The fourth-order valence-electron chi connectivity index (χ4n) is 14.2. The number of phenolic OH excluding ortho intramolecular Hbond substituents is 5. The molecule has 6 N–H and O–H groups in total. The number of aliphatic hydroxyl groups is 1. The van der Waals surface area contributed by atoms with E-state index in [0.29, 0.717) is 93.5 Å². The molecule has 14 atom stereocenters. The third kappa shape index (κ3) is 45.1. The maximum Gasteiger partial charge on any atom is 0.421 e. The summed E-state index contributed by atoms with van der Waals surface area (Å²) in [5.41, 5.74) is 13.6. The Morgan fingerprint density at radius 3 is 0.956 bits per heavy atom. The van der Waals surface area contributed by atoms with Crippen LogP contribution >= 0.6 is 0 Å². The van der Waals surface area contributed by atoms with Crippen LogP contribution in [0.5, 0.6) is 28.7 Å². The van der Waals surface area contributed by atoms with Crippen molar-refractivity contribution in [2.45, 2.75) is 345 Å². The Morgan fingerprint density at radius 2 is 0.618 bits per heavy atom. The maximum absolute atomic E-state index is 12.8. The largest absolute Gasteiger partial charge is 0.508 e. The number of esters is 2. The second-order valence-electron chi connectivity index (χ2n) is 35.5. The van der Waals surface area contributed by atoms with Gasteiger partial charge in [-0.1, -0.05) is 385 Å². The van der Waals surface area contributed by atoms with E-state index in [1.54, 1.807) is 71.8 Å². The molecule has 13 rings (SSSR count). The quantitative estimate of drug-likeness (QED) is 0.0403. The highest BCUT2D eigenvalue weighted by Crippen LogP contribution is 2.44. The van der Waals surface area contributed by atoms with Crippen molar-refractivity contribution in [1.82, 2.24) is 0 Å². The molecule has 0 heterocycles. The van der Waals surface area contributed by atoms with Crippen LogP contribution in [-0.4, -0.2) is 63.0 Å². The SMILES string of the molecule is C.C.C.C.C.C.CC1Cc2cc(C(C)(O)C(F)(F)F)ccc2C1C.CC1Cc2ccccc2C1C.CCC(C)C(=O)OC.CCC(C)c1ccc(C(=O)OC)cc1.CCC(C)c1ccc(O)cc1.CCC(C)c1ccc(O)cc1.CCC(C)c1ccc(O)cc1.CCC(C)c1ccc2cc(O)ccc2c1.CCC(C)c1cccc(O)c1.CCC(C)c1ccccc1.CCC(C)c1ccccc1. The van der Waals surface area contributed by atoms with Crippen LogP contribution < -0.4 is 0 Å². The van der Waals surface area contributed by atoms with E-state index < -0.39 is 11.8 Å². The van der Waals surface area contributed by atoms with Gasteiger partial charge in [0.1, 0.15) is 28.7 Å². The Balaban J connectivity index is -0.000000706. The third-order valence-corrected chi connectivity index (χ3v) is 26.1. The first-order valence-corrected chi connectivity index (χ1v) is 47.4. The van der Waals surface area contributed by atoms with Gasteiger partial charge in [0.15, 0.2) is 5.60 Å². The van der Waals surface area contributed by atoms with Gasteiger partial charge >= 0.3 is 18.1 Å². The summed E-state index contributed by atoms with van der Waals surface area (Å²) in [6, 6.07) is 84.0. The summed E-state index contributed by atoms with van der Waals surface area (Å²) in [6.45, 7) is 48.5. The van der Waals surface area contributed by atoms with Crippen LogP contribution in [0.3, 0.4) is 0 Å². The van der Waals surface area contributed by atoms with Gasteiger partial charge in [0, 0.05) is 0 Å². The minimum atomic E-state index is -4.66. The number of benzene rings is 11. The number of methoxy groups -OCH3 is 2. The molecule has 10 nitrogen and oxygen atoms in total. The molecule has 0 aromatic heterocycles. The summed E-state index contributed by atoms with van der Waals surface area (Å²) in [7, 11) is 2.80. The van der Waals surface area contributed by atoms with Crippen LogP contribution in [0, 0.1) is 17.8 Å². The summed E-state index contributed by atoms with van der Waals surface area (Å²) < 4.78 is 47.4. The lowest BCUT2D eigenvalue weighted by molar-refractivity contribution is -0.258. The number of fused-ring (bicyclic) bond motifs is 3. The number of rotatable bonds is 20. The fraction of sp³-hybridized carbons (Fsp3) is 0.463. The van der Waals surface area contributed by atoms with E-state index in [1.165, 1.54) is 95.5 Å². The van der Waals surface area contributed by atoms with Gasteiger partial charge in [0.2, 0.25) is 0 Å². The lowest BCUT2D eigenvalue weighted by Gasteiger charge is -2.27. The molecule has 2 aliphatic carbocycles. The highest BCUT2D eigenvalue weighted by atomic mass is 19.4. The summed E-state index contributed by atoms with van der Waals surface area (Å²) in [5, 5.41) is 57.5. The van der Waals surface area contributed by atoms with E-state index in [1.807, 2.05) is 98.8 Å². The van der Waals surface area contributed by atoms with E-state index in [4.69, 9.17) is 20.4 Å². The number of carbonyl (C=O) groups is 2. The molecule has 0 spiro atoms. The van der Waals surface area contributed by atoms with Crippen LogP contribution in [-0.2, 0) is 32.7 Å². The molecule has 0 saturated carbocycles. The van der Waals surface area contributed by atoms with Gasteiger partial charge in [0.05, 0.1) is 25.7 Å². The number of alkyl halides is 3. The van der Waals surface area contributed by atoms with Gasteiger partial charge < -0.3 is 40.1 Å². The molecule has 0 fully saturated rings. The van der Waals surface area contributed by atoms with Crippen molar-refractivity contribution in [3.05, 3.63) is 339 Å². The highest BCUT2D eigenvalue weighted by Gasteiger charge is 2.51. The van der Waals surface area contributed by atoms with Crippen LogP contribution in [0.2, 0.25) is 0 Å². The first-order chi connectivity index (χ1) is 61.7. The first kappa shape index (κ1) is 132. The van der Waals surface area contributed by atoms with Gasteiger partial charge in [-0.05, 0) is 304 Å². The molecule has 0 amide bonds. The summed E-state index contributed by atoms with van der Waals surface area (Å²) >= 11 is 0. The molecule has 11 aromatic rings. The van der Waals surface area contributed by atoms with Gasteiger partial charge in [0.25, 0.3) is 0 Å². The van der Waals surface area contributed by atoms with Crippen LogP contribution in [0.15, 0.2) is 261 Å². The van der Waals surface area contributed by atoms with E-state index in [2.05, 4.69) is 251 Å². The number of phenols is 5. The molecular weight excluding hydrogens is 1690 g/mol. The zero-order valence-corrected chi connectivity index (χ0v) is 83.1. The predicted octanol–water partition coefficient (Wildman–Crippen LogP) is 36.8. The van der Waals surface area contributed by atoms with Crippen LogP contribution in [0.25, 0.3) is 10.8 Å². The molecule has 0 bridgehead atoms. The van der Waals surface area contributed by atoms with E-state index >= 15 is 0 Å². The molecule has 2 aliphatic rings. The second-order valence-corrected chi connectivity index (χ2v) is 35.5. The maximum atomic E-state index is 12.8. The monoisotopic (exact) mass is 1880 g/mol. The van der Waals surface area contributed by atoms with Crippen LogP contribution in [0.4, 0.5) is 13.2 Å². The van der Waals surface area contributed by atoms with Gasteiger partial charge in [-0.3, -0.25) is 4.79 Å². The number of ether oxygens (including phenoxy) is 2.